The van der Waals surface area contributed by atoms with E-state index in [1.807, 2.05) is 0 Å². The highest BCUT2D eigenvalue weighted by molar-refractivity contribution is 7.89. The van der Waals surface area contributed by atoms with Crippen LogP contribution in [-0.2, 0) is 27.9 Å². The number of carbonyl (C=O) groups is 1. The molecule has 9 nitrogen and oxygen atoms in total. The monoisotopic (exact) mass is 399 g/mol. The number of primary sulfonamides is 1. The predicted octanol–water partition coefficient (Wildman–Crippen LogP) is 0.269. The lowest BCUT2D eigenvalue weighted by atomic mass is 10.2. The lowest BCUT2D eigenvalue weighted by Crippen LogP contribution is -2.33. The van der Waals surface area contributed by atoms with Crippen molar-refractivity contribution in [2.45, 2.75) is 18.0 Å². The van der Waals surface area contributed by atoms with E-state index in [9.17, 15) is 18.0 Å². The Morgan fingerprint density at radius 3 is 2.36 bits per heavy atom. The first-order chi connectivity index (χ1) is 13.3. The normalized spacial score (nSPS) is 11.2. The molecule has 1 aromatic carbocycles. The first kappa shape index (κ1) is 19.4. The summed E-state index contributed by atoms with van der Waals surface area (Å²) in [5.41, 5.74) is 1.62. The second kappa shape index (κ2) is 8.11. The van der Waals surface area contributed by atoms with E-state index in [4.69, 9.17) is 5.14 Å². The second-order valence-electron chi connectivity index (χ2n) is 5.92. The molecule has 0 unspecified atom stereocenters. The molecular formula is C18H17N5O4S. The largest absolute Gasteiger partial charge is 0.350 e. The molecule has 0 radical (unpaired) electrons. The molecule has 0 aliphatic heterocycles. The lowest BCUT2D eigenvalue weighted by Gasteiger charge is -2.09. The average Bonchev–Trinajstić information content (AvgIpc) is 2.68. The number of aromatic nitrogens is 3. The number of benzene rings is 1. The Labute approximate surface area is 160 Å². The van der Waals surface area contributed by atoms with Gasteiger partial charge in [0.25, 0.3) is 5.56 Å². The smallest absolute Gasteiger partial charge is 0.267 e. The SMILES string of the molecule is NS(=O)(=O)c1ccc(CNC(=O)Cn2nc(-c3ccncc3)ccc2=O)cc1. The van der Waals surface area contributed by atoms with Crippen molar-refractivity contribution in [1.82, 2.24) is 20.1 Å². The molecule has 2 aromatic heterocycles. The molecule has 28 heavy (non-hydrogen) atoms. The molecule has 0 bridgehead atoms. The molecule has 0 aliphatic carbocycles. The van der Waals surface area contributed by atoms with Crippen LogP contribution in [0.15, 0.2) is 70.6 Å². The highest BCUT2D eigenvalue weighted by Gasteiger charge is 2.09. The minimum atomic E-state index is -3.76. The molecular weight excluding hydrogens is 382 g/mol. The van der Waals surface area contributed by atoms with Gasteiger partial charge in [0.15, 0.2) is 0 Å². The van der Waals surface area contributed by atoms with E-state index in [0.29, 0.717) is 11.3 Å². The molecule has 0 spiro atoms. The van der Waals surface area contributed by atoms with Crippen molar-refractivity contribution in [3.05, 3.63) is 76.8 Å². The molecule has 0 aliphatic rings. The van der Waals surface area contributed by atoms with E-state index in [1.165, 1.54) is 18.2 Å². The Morgan fingerprint density at radius 2 is 1.71 bits per heavy atom. The van der Waals surface area contributed by atoms with Crippen LogP contribution >= 0.6 is 0 Å². The number of sulfonamides is 1. The van der Waals surface area contributed by atoms with Crippen molar-refractivity contribution >= 4 is 15.9 Å². The summed E-state index contributed by atoms with van der Waals surface area (Å²) < 4.78 is 23.6. The number of rotatable bonds is 6. The second-order valence-corrected chi connectivity index (χ2v) is 7.48. The Bertz CT molecular complexity index is 1140. The number of pyridine rings is 1. The van der Waals surface area contributed by atoms with Crippen molar-refractivity contribution in [3.63, 3.8) is 0 Å². The van der Waals surface area contributed by atoms with Crippen LogP contribution < -0.4 is 16.0 Å². The van der Waals surface area contributed by atoms with Crippen molar-refractivity contribution < 1.29 is 13.2 Å². The van der Waals surface area contributed by atoms with Gasteiger partial charge in [-0.05, 0) is 35.9 Å². The molecule has 3 aromatic rings. The maximum Gasteiger partial charge on any atom is 0.267 e. The summed E-state index contributed by atoms with van der Waals surface area (Å²) in [5.74, 6) is -0.406. The number of hydrogen-bond donors (Lipinski definition) is 2. The van der Waals surface area contributed by atoms with Crippen molar-refractivity contribution in [2.75, 3.05) is 0 Å². The van der Waals surface area contributed by atoms with Crippen molar-refractivity contribution in [1.29, 1.82) is 0 Å². The van der Waals surface area contributed by atoms with E-state index >= 15 is 0 Å². The average molecular weight is 399 g/mol. The maximum absolute atomic E-state index is 12.2. The van der Waals surface area contributed by atoms with Gasteiger partial charge in [0.05, 0.1) is 10.6 Å². The van der Waals surface area contributed by atoms with E-state index in [0.717, 1.165) is 10.2 Å². The number of nitrogens with two attached hydrogens (primary N) is 1. The minimum Gasteiger partial charge on any atom is -0.350 e. The molecule has 0 saturated carbocycles. The van der Waals surface area contributed by atoms with Gasteiger partial charge in [0.1, 0.15) is 6.54 Å². The van der Waals surface area contributed by atoms with Gasteiger partial charge in [0, 0.05) is 30.6 Å². The van der Waals surface area contributed by atoms with Gasteiger partial charge in [-0.3, -0.25) is 14.6 Å². The fourth-order valence-electron chi connectivity index (χ4n) is 2.43. The van der Waals surface area contributed by atoms with Crippen LogP contribution in [0.25, 0.3) is 11.3 Å². The minimum absolute atomic E-state index is 0.00810. The molecule has 0 saturated heterocycles. The molecule has 2 heterocycles. The Balaban J connectivity index is 1.66. The third-order valence-electron chi connectivity index (χ3n) is 3.88. The van der Waals surface area contributed by atoms with Gasteiger partial charge >= 0.3 is 0 Å². The lowest BCUT2D eigenvalue weighted by molar-refractivity contribution is -0.122. The third-order valence-corrected chi connectivity index (χ3v) is 4.81. The predicted molar refractivity (Wildman–Crippen MR) is 101 cm³/mol. The standard InChI is InChI=1S/C18H17N5O4S/c19-28(26,27)15-3-1-13(2-4-15)11-21-17(24)12-23-18(25)6-5-16(22-23)14-7-9-20-10-8-14/h1-10H,11-12H2,(H,21,24)(H2,19,26,27). The van der Waals surface area contributed by atoms with Crippen LogP contribution in [0.2, 0.25) is 0 Å². The van der Waals surface area contributed by atoms with Crippen LogP contribution in [-0.4, -0.2) is 29.1 Å². The first-order valence-corrected chi connectivity index (χ1v) is 9.74. The van der Waals surface area contributed by atoms with Gasteiger partial charge in [-0.2, -0.15) is 5.10 Å². The number of amides is 1. The summed E-state index contributed by atoms with van der Waals surface area (Å²) >= 11 is 0. The summed E-state index contributed by atoms with van der Waals surface area (Å²) in [6.07, 6.45) is 3.22. The van der Waals surface area contributed by atoms with Crippen LogP contribution in [0, 0.1) is 0 Å². The van der Waals surface area contributed by atoms with E-state index in [1.54, 1.807) is 42.7 Å². The number of carbonyl (C=O) groups excluding carboxylic acids is 1. The van der Waals surface area contributed by atoms with Crippen LogP contribution in [0.3, 0.4) is 0 Å². The van der Waals surface area contributed by atoms with E-state index < -0.39 is 21.5 Å². The van der Waals surface area contributed by atoms with Crippen LogP contribution in [0.1, 0.15) is 5.56 Å². The highest BCUT2D eigenvalue weighted by atomic mass is 32.2. The molecule has 0 atom stereocenters. The van der Waals surface area contributed by atoms with Crippen LogP contribution in [0.5, 0.6) is 0 Å². The van der Waals surface area contributed by atoms with Gasteiger partial charge < -0.3 is 5.32 Å². The van der Waals surface area contributed by atoms with Gasteiger partial charge in [-0.25, -0.2) is 18.2 Å². The molecule has 0 fully saturated rings. The molecule has 1 amide bonds. The Morgan fingerprint density at radius 1 is 1.04 bits per heavy atom. The van der Waals surface area contributed by atoms with Crippen molar-refractivity contribution in [3.8, 4) is 11.3 Å². The van der Waals surface area contributed by atoms with E-state index in [-0.39, 0.29) is 18.0 Å². The number of hydrogen-bond acceptors (Lipinski definition) is 6. The Kier molecular flexibility index (Phi) is 5.62. The molecule has 10 heteroatoms. The summed E-state index contributed by atoms with van der Waals surface area (Å²) in [7, 11) is -3.76. The Hall–Kier alpha value is -3.37. The fraction of sp³-hybridized carbons (Fsp3) is 0.111. The summed E-state index contributed by atoms with van der Waals surface area (Å²) in [6, 6.07) is 12.3. The summed E-state index contributed by atoms with van der Waals surface area (Å²) in [4.78, 5) is 28.1. The summed E-state index contributed by atoms with van der Waals surface area (Å²) in [6.45, 7) is -0.0739. The van der Waals surface area contributed by atoms with Gasteiger partial charge in [-0.15, -0.1) is 0 Å². The molecule has 144 valence electrons. The fourth-order valence-corrected chi connectivity index (χ4v) is 2.94. The van der Waals surface area contributed by atoms with Crippen LogP contribution in [0.4, 0.5) is 0 Å². The molecule has 3 rings (SSSR count). The number of nitrogens with zero attached hydrogens (tertiary/aromatic N) is 3. The van der Waals surface area contributed by atoms with Crippen molar-refractivity contribution in [2.24, 2.45) is 5.14 Å². The quantitative estimate of drug-likeness (QED) is 0.610. The maximum atomic E-state index is 12.2. The summed E-state index contributed by atoms with van der Waals surface area (Å²) in [5, 5.41) is 11.9. The molecule has 3 N–H and O–H groups in total. The van der Waals surface area contributed by atoms with Gasteiger partial charge in [0.2, 0.25) is 15.9 Å². The van der Waals surface area contributed by atoms with Gasteiger partial charge in [-0.1, -0.05) is 12.1 Å². The first-order valence-electron chi connectivity index (χ1n) is 8.20. The zero-order chi connectivity index (χ0) is 20.1. The topological polar surface area (TPSA) is 137 Å². The van der Waals surface area contributed by atoms with E-state index in [2.05, 4.69) is 15.4 Å². The zero-order valence-corrected chi connectivity index (χ0v) is 15.5. The third kappa shape index (κ3) is 4.87. The zero-order valence-electron chi connectivity index (χ0n) is 14.6. The number of nitrogens with one attached hydrogen (secondary N) is 1. The highest BCUT2D eigenvalue weighted by Crippen LogP contribution is 2.13.